The molecule has 0 amide bonds. The Morgan fingerprint density at radius 1 is 1.38 bits per heavy atom. The van der Waals surface area contributed by atoms with E-state index in [4.69, 9.17) is 9.94 Å². The second kappa shape index (κ2) is 4.44. The average molecular weight is 225 g/mol. The molecule has 1 heterocycles. The summed E-state index contributed by atoms with van der Waals surface area (Å²) in [4.78, 5) is 16.1. The summed E-state index contributed by atoms with van der Waals surface area (Å²) in [7, 11) is 0. The number of carbonyl (C=O) groups is 1. The third kappa shape index (κ3) is 2.20. The third-order valence-electron chi connectivity index (χ3n) is 3.66. The predicted molar refractivity (Wildman–Crippen MR) is 60.4 cm³/mol. The molecule has 2 rings (SSSR count). The Labute approximate surface area is 95.7 Å². The number of hydrogen-bond donors (Lipinski definition) is 1. The maximum Gasteiger partial charge on any atom is 0.351 e. The highest BCUT2D eigenvalue weighted by molar-refractivity contribution is 5.94. The number of hydrogen-bond acceptors (Lipinski definition) is 3. The predicted octanol–water partition coefficient (Wildman–Crippen LogP) is 2.58. The summed E-state index contributed by atoms with van der Waals surface area (Å²) in [6, 6.07) is 0. The maximum absolute atomic E-state index is 11.0. The first kappa shape index (κ1) is 11.4. The van der Waals surface area contributed by atoms with E-state index in [-0.39, 0.29) is 0 Å². The van der Waals surface area contributed by atoms with Crippen LogP contribution in [0, 0.1) is 5.92 Å². The van der Waals surface area contributed by atoms with E-state index in [1.165, 1.54) is 25.7 Å². The number of nitrogens with zero attached hydrogens (tertiary/aromatic N) is 1. The van der Waals surface area contributed by atoms with Crippen LogP contribution in [0.5, 0.6) is 0 Å². The molecule has 0 bridgehead atoms. The summed E-state index contributed by atoms with van der Waals surface area (Å²) in [6.07, 6.45) is 7.77. The zero-order chi connectivity index (χ0) is 11.6. The van der Waals surface area contributed by atoms with Crippen LogP contribution in [0.3, 0.4) is 0 Å². The van der Waals surface area contributed by atoms with Crippen molar-refractivity contribution in [2.24, 2.45) is 11.1 Å². The van der Waals surface area contributed by atoms with Crippen molar-refractivity contribution in [2.45, 2.75) is 57.5 Å². The number of oxime groups is 1. The van der Waals surface area contributed by atoms with Crippen molar-refractivity contribution >= 4 is 11.7 Å². The summed E-state index contributed by atoms with van der Waals surface area (Å²) in [6.45, 7) is 1.60. The van der Waals surface area contributed by atoms with Crippen molar-refractivity contribution in [1.29, 1.82) is 0 Å². The lowest BCUT2D eigenvalue weighted by molar-refractivity contribution is -0.160. The van der Waals surface area contributed by atoms with Gasteiger partial charge in [-0.25, -0.2) is 4.79 Å². The van der Waals surface area contributed by atoms with E-state index in [1.54, 1.807) is 6.92 Å². The summed E-state index contributed by atoms with van der Waals surface area (Å²) in [5, 5.41) is 13.1. The lowest BCUT2D eigenvalue weighted by atomic mass is 9.88. The molecule has 0 radical (unpaired) electrons. The molecule has 4 heteroatoms. The molecule has 2 aliphatic rings. The monoisotopic (exact) mass is 225 g/mol. The first-order chi connectivity index (χ1) is 7.62. The van der Waals surface area contributed by atoms with Crippen LogP contribution < -0.4 is 0 Å². The third-order valence-corrected chi connectivity index (χ3v) is 3.66. The van der Waals surface area contributed by atoms with Gasteiger partial charge in [0.15, 0.2) is 0 Å². The molecule has 1 N–H and O–H groups in total. The molecule has 1 saturated carbocycles. The zero-order valence-corrected chi connectivity index (χ0v) is 9.74. The maximum atomic E-state index is 11.0. The molecule has 1 atom stereocenters. The SMILES string of the molecule is CC1(C(=O)O)CC(C2CCCCCC2)=NO1. The lowest BCUT2D eigenvalue weighted by Gasteiger charge is -2.16. The van der Waals surface area contributed by atoms with Gasteiger partial charge in [0, 0.05) is 12.3 Å². The molecule has 90 valence electrons. The molecule has 1 unspecified atom stereocenters. The largest absolute Gasteiger partial charge is 0.478 e. The Morgan fingerprint density at radius 3 is 2.50 bits per heavy atom. The molecule has 16 heavy (non-hydrogen) atoms. The van der Waals surface area contributed by atoms with E-state index >= 15 is 0 Å². The fraction of sp³-hybridized carbons (Fsp3) is 0.833. The normalized spacial score (nSPS) is 31.7. The van der Waals surface area contributed by atoms with E-state index in [9.17, 15) is 4.79 Å². The van der Waals surface area contributed by atoms with Gasteiger partial charge in [-0.05, 0) is 19.8 Å². The summed E-state index contributed by atoms with van der Waals surface area (Å²) in [5.41, 5.74) is -0.159. The molecule has 0 spiro atoms. The van der Waals surface area contributed by atoms with Gasteiger partial charge in [0.2, 0.25) is 5.60 Å². The zero-order valence-electron chi connectivity index (χ0n) is 9.74. The van der Waals surface area contributed by atoms with Crippen LogP contribution in [0.25, 0.3) is 0 Å². The van der Waals surface area contributed by atoms with Crippen LogP contribution >= 0.6 is 0 Å². The number of carboxylic acid groups (broad SMARTS) is 1. The fourth-order valence-corrected chi connectivity index (χ4v) is 2.52. The molecule has 0 aromatic rings. The van der Waals surface area contributed by atoms with Gasteiger partial charge < -0.3 is 9.94 Å². The molecule has 1 aliphatic carbocycles. The molecule has 1 fully saturated rings. The summed E-state index contributed by atoms with van der Waals surface area (Å²) >= 11 is 0. The van der Waals surface area contributed by atoms with E-state index in [1.807, 2.05) is 0 Å². The van der Waals surface area contributed by atoms with Gasteiger partial charge in [0.05, 0.1) is 5.71 Å². The Bertz CT molecular complexity index is 305. The van der Waals surface area contributed by atoms with Crippen molar-refractivity contribution in [2.75, 3.05) is 0 Å². The van der Waals surface area contributed by atoms with Crippen LogP contribution in [-0.4, -0.2) is 22.4 Å². The van der Waals surface area contributed by atoms with Crippen LogP contribution in [-0.2, 0) is 9.63 Å². The second-order valence-electron chi connectivity index (χ2n) is 5.08. The van der Waals surface area contributed by atoms with Gasteiger partial charge in [-0.2, -0.15) is 0 Å². The van der Waals surface area contributed by atoms with Crippen LogP contribution in [0.15, 0.2) is 5.16 Å². The topological polar surface area (TPSA) is 58.9 Å². The molecular formula is C12H19NO3. The Balaban J connectivity index is 1.99. The van der Waals surface area contributed by atoms with Gasteiger partial charge in [-0.15, -0.1) is 0 Å². The van der Waals surface area contributed by atoms with Crippen LogP contribution in [0.4, 0.5) is 0 Å². The average Bonchev–Trinajstić information content (AvgIpc) is 2.51. The van der Waals surface area contributed by atoms with Gasteiger partial charge >= 0.3 is 5.97 Å². The fourth-order valence-electron chi connectivity index (χ4n) is 2.52. The number of carboxylic acids is 1. The smallest absolute Gasteiger partial charge is 0.351 e. The lowest BCUT2D eigenvalue weighted by Crippen LogP contribution is -2.35. The van der Waals surface area contributed by atoms with E-state index in [0.717, 1.165) is 18.6 Å². The standard InChI is InChI=1S/C12H19NO3/c1-12(11(14)15)8-10(13-16-12)9-6-4-2-3-5-7-9/h9H,2-8H2,1H3,(H,14,15). The second-order valence-corrected chi connectivity index (χ2v) is 5.08. The molecule has 0 aromatic carbocycles. The Hall–Kier alpha value is -1.06. The summed E-state index contributed by atoms with van der Waals surface area (Å²) < 4.78 is 0. The van der Waals surface area contributed by atoms with E-state index in [0.29, 0.717) is 12.3 Å². The van der Waals surface area contributed by atoms with Crippen LogP contribution in [0.1, 0.15) is 51.9 Å². The van der Waals surface area contributed by atoms with Gasteiger partial charge in [0.25, 0.3) is 0 Å². The molecule has 4 nitrogen and oxygen atoms in total. The van der Waals surface area contributed by atoms with Gasteiger partial charge in [-0.3, -0.25) is 0 Å². The van der Waals surface area contributed by atoms with Crippen molar-refractivity contribution in [3.05, 3.63) is 0 Å². The molecule has 0 aromatic heterocycles. The minimum Gasteiger partial charge on any atom is -0.478 e. The van der Waals surface area contributed by atoms with Crippen molar-refractivity contribution in [3.63, 3.8) is 0 Å². The highest BCUT2D eigenvalue weighted by Crippen LogP contribution is 2.32. The molecular weight excluding hydrogens is 206 g/mol. The minimum atomic E-state index is -1.12. The quantitative estimate of drug-likeness (QED) is 0.735. The van der Waals surface area contributed by atoms with Gasteiger partial charge in [0.1, 0.15) is 0 Å². The molecule has 1 aliphatic heterocycles. The first-order valence-electron chi connectivity index (χ1n) is 6.10. The van der Waals surface area contributed by atoms with Crippen molar-refractivity contribution in [3.8, 4) is 0 Å². The van der Waals surface area contributed by atoms with E-state index in [2.05, 4.69) is 5.16 Å². The summed E-state index contributed by atoms with van der Waals surface area (Å²) in [5.74, 6) is -0.469. The minimum absolute atomic E-state index is 0.448. The van der Waals surface area contributed by atoms with Gasteiger partial charge in [-0.1, -0.05) is 30.8 Å². The van der Waals surface area contributed by atoms with Crippen LogP contribution in [0.2, 0.25) is 0 Å². The number of rotatable bonds is 2. The molecule has 0 saturated heterocycles. The van der Waals surface area contributed by atoms with Crippen molar-refractivity contribution < 1.29 is 14.7 Å². The Morgan fingerprint density at radius 2 is 2.00 bits per heavy atom. The van der Waals surface area contributed by atoms with E-state index < -0.39 is 11.6 Å². The Kier molecular flexibility index (Phi) is 3.17. The first-order valence-corrected chi connectivity index (χ1v) is 6.10. The highest BCUT2D eigenvalue weighted by atomic mass is 16.7. The highest BCUT2D eigenvalue weighted by Gasteiger charge is 2.43. The number of aliphatic carboxylic acids is 1. The van der Waals surface area contributed by atoms with Crippen molar-refractivity contribution in [1.82, 2.24) is 0 Å².